The fourth-order valence-electron chi connectivity index (χ4n) is 1.84. The van der Waals surface area contributed by atoms with E-state index in [2.05, 4.69) is 6.92 Å². The van der Waals surface area contributed by atoms with Gasteiger partial charge in [0.2, 0.25) is 0 Å². The number of allylic oxidation sites excluding steroid dienone is 2. The van der Waals surface area contributed by atoms with Crippen molar-refractivity contribution in [3.8, 4) is 0 Å². The maximum Gasteiger partial charge on any atom is 0.318 e. The Morgan fingerprint density at radius 2 is 1.28 bits per heavy atom. The Hall–Kier alpha value is -1.12. The van der Waals surface area contributed by atoms with Crippen molar-refractivity contribution in [2.45, 2.75) is 71.1 Å². The molecule has 0 aliphatic heterocycles. The molecule has 0 bridgehead atoms. The van der Waals surface area contributed by atoms with E-state index in [1.54, 1.807) is 6.08 Å². The largest absolute Gasteiger partial charge is 0.502 e. The van der Waals surface area contributed by atoms with Crippen LogP contribution in [0.2, 0.25) is 0 Å². The lowest BCUT2D eigenvalue weighted by Crippen LogP contribution is -1.84. The van der Waals surface area contributed by atoms with Gasteiger partial charge in [-0.15, -0.1) is 0 Å². The summed E-state index contributed by atoms with van der Waals surface area (Å²) in [4.78, 5) is 0. The fraction of sp³-hybridized carbons (Fsp3) is 0.733. The van der Waals surface area contributed by atoms with Crippen LogP contribution in [0.15, 0.2) is 23.9 Å². The van der Waals surface area contributed by atoms with Crippen LogP contribution >= 0.6 is 0 Å². The Morgan fingerprint density at radius 1 is 0.778 bits per heavy atom. The van der Waals surface area contributed by atoms with E-state index in [9.17, 15) is 0 Å². The molecule has 0 aliphatic rings. The summed E-state index contributed by atoms with van der Waals surface area (Å²) in [6.45, 7) is 2.23. The summed E-state index contributed by atoms with van der Waals surface area (Å²) in [6.07, 6.45) is 15.6. The molecule has 18 heavy (non-hydrogen) atoms. The average molecular weight is 256 g/mol. The lowest BCUT2D eigenvalue weighted by atomic mass is 10.1. The van der Waals surface area contributed by atoms with Gasteiger partial charge in [-0.3, -0.25) is 0 Å². The summed E-state index contributed by atoms with van der Waals surface area (Å²) < 4.78 is 0. The second-order valence-electron chi connectivity index (χ2n) is 4.73. The predicted octanol–water partition coefficient (Wildman–Crippen LogP) is 5.31. The average Bonchev–Trinajstić information content (AvgIpc) is 2.35. The van der Waals surface area contributed by atoms with E-state index in [4.69, 9.17) is 15.3 Å². The standard InChI is InChI=1S/C15H28O3/c1-2-3-4-5-6-7-8-9-10-11-12-13-14(16)15(17)18/h12-13,16-18H,2-11H2,1H3. The first-order chi connectivity index (χ1) is 8.68. The van der Waals surface area contributed by atoms with Gasteiger partial charge in [-0.1, -0.05) is 64.4 Å². The second-order valence-corrected chi connectivity index (χ2v) is 4.73. The summed E-state index contributed by atoms with van der Waals surface area (Å²) >= 11 is 0. The van der Waals surface area contributed by atoms with Gasteiger partial charge in [0.05, 0.1) is 0 Å². The van der Waals surface area contributed by atoms with Gasteiger partial charge < -0.3 is 15.3 Å². The number of aliphatic hydroxyl groups excluding tert-OH is 2. The van der Waals surface area contributed by atoms with E-state index < -0.39 is 11.7 Å². The van der Waals surface area contributed by atoms with Gasteiger partial charge in [0, 0.05) is 0 Å². The van der Waals surface area contributed by atoms with Crippen molar-refractivity contribution in [3.63, 3.8) is 0 Å². The van der Waals surface area contributed by atoms with Crippen molar-refractivity contribution in [2.24, 2.45) is 0 Å². The van der Waals surface area contributed by atoms with Crippen LogP contribution in [0, 0.1) is 0 Å². The molecule has 0 aromatic heterocycles. The summed E-state index contributed by atoms with van der Waals surface area (Å²) in [5, 5.41) is 26.0. The zero-order chi connectivity index (χ0) is 13.6. The molecule has 0 fully saturated rings. The highest BCUT2D eigenvalue weighted by Crippen LogP contribution is 2.10. The highest BCUT2D eigenvalue weighted by atomic mass is 16.5. The minimum absolute atomic E-state index is 0.467. The third kappa shape index (κ3) is 11.4. The molecule has 3 heteroatoms. The molecule has 0 heterocycles. The number of unbranched alkanes of at least 4 members (excludes halogenated alkanes) is 9. The number of hydrogen-bond donors (Lipinski definition) is 3. The van der Waals surface area contributed by atoms with Crippen molar-refractivity contribution in [3.05, 3.63) is 23.9 Å². The maximum atomic E-state index is 8.96. The first kappa shape index (κ1) is 16.9. The first-order valence-electron chi connectivity index (χ1n) is 7.16. The molecule has 0 unspecified atom stereocenters. The highest BCUT2D eigenvalue weighted by molar-refractivity contribution is 5.09. The van der Waals surface area contributed by atoms with Crippen LogP contribution in [0.1, 0.15) is 71.1 Å². The SMILES string of the molecule is CCCCCCCCCCCC=CC(O)=C(O)O. The van der Waals surface area contributed by atoms with Crippen LogP contribution < -0.4 is 0 Å². The molecule has 0 aliphatic carbocycles. The van der Waals surface area contributed by atoms with Gasteiger partial charge >= 0.3 is 5.95 Å². The molecule has 0 saturated heterocycles. The zero-order valence-electron chi connectivity index (χ0n) is 11.6. The van der Waals surface area contributed by atoms with Crippen LogP contribution in [-0.2, 0) is 0 Å². The van der Waals surface area contributed by atoms with Crippen LogP contribution in [0.25, 0.3) is 0 Å². The summed E-state index contributed by atoms with van der Waals surface area (Å²) in [5.41, 5.74) is 0. The van der Waals surface area contributed by atoms with Crippen LogP contribution in [0.3, 0.4) is 0 Å². The third-order valence-corrected chi connectivity index (χ3v) is 2.98. The molecular weight excluding hydrogens is 228 g/mol. The molecule has 3 N–H and O–H groups in total. The molecule has 0 saturated carbocycles. The number of aliphatic hydroxyl groups is 3. The summed E-state index contributed by atoms with van der Waals surface area (Å²) in [5.74, 6) is -1.48. The minimum atomic E-state index is -1.02. The Morgan fingerprint density at radius 3 is 1.78 bits per heavy atom. The van der Waals surface area contributed by atoms with E-state index in [0.717, 1.165) is 12.8 Å². The maximum absolute atomic E-state index is 8.96. The summed E-state index contributed by atoms with van der Waals surface area (Å²) in [7, 11) is 0. The molecule has 0 aromatic rings. The van der Waals surface area contributed by atoms with E-state index in [1.807, 2.05) is 0 Å². The fourth-order valence-corrected chi connectivity index (χ4v) is 1.84. The monoisotopic (exact) mass is 256 g/mol. The molecule has 3 nitrogen and oxygen atoms in total. The van der Waals surface area contributed by atoms with Gasteiger partial charge in [-0.05, 0) is 18.9 Å². The van der Waals surface area contributed by atoms with Crippen LogP contribution in [0.5, 0.6) is 0 Å². The van der Waals surface area contributed by atoms with Crippen molar-refractivity contribution >= 4 is 0 Å². The highest BCUT2D eigenvalue weighted by Gasteiger charge is 1.94. The van der Waals surface area contributed by atoms with E-state index in [-0.39, 0.29) is 0 Å². The Bertz CT molecular complexity index is 240. The Labute approximate surface area is 111 Å². The van der Waals surface area contributed by atoms with Gasteiger partial charge in [0.25, 0.3) is 0 Å². The molecular formula is C15H28O3. The smallest absolute Gasteiger partial charge is 0.318 e. The molecule has 0 radical (unpaired) electrons. The first-order valence-corrected chi connectivity index (χ1v) is 7.16. The molecule has 0 atom stereocenters. The van der Waals surface area contributed by atoms with Gasteiger partial charge in [0.1, 0.15) is 0 Å². The van der Waals surface area contributed by atoms with Crippen molar-refractivity contribution in [1.82, 2.24) is 0 Å². The molecule has 0 amide bonds. The van der Waals surface area contributed by atoms with Crippen molar-refractivity contribution in [1.29, 1.82) is 0 Å². The van der Waals surface area contributed by atoms with E-state index >= 15 is 0 Å². The van der Waals surface area contributed by atoms with Crippen LogP contribution in [-0.4, -0.2) is 15.3 Å². The van der Waals surface area contributed by atoms with Gasteiger partial charge in [-0.25, -0.2) is 0 Å². The summed E-state index contributed by atoms with van der Waals surface area (Å²) in [6, 6.07) is 0. The lowest BCUT2D eigenvalue weighted by molar-refractivity contribution is 0.163. The zero-order valence-corrected chi connectivity index (χ0v) is 11.6. The normalized spacial score (nSPS) is 10.9. The lowest BCUT2D eigenvalue weighted by Gasteiger charge is -2.00. The number of hydrogen-bond acceptors (Lipinski definition) is 3. The Kier molecular flexibility index (Phi) is 11.6. The van der Waals surface area contributed by atoms with Gasteiger partial charge in [-0.2, -0.15) is 0 Å². The topological polar surface area (TPSA) is 60.7 Å². The van der Waals surface area contributed by atoms with E-state index in [1.165, 1.54) is 57.4 Å². The molecule has 0 aromatic carbocycles. The van der Waals surface area contributed by atoms with Crippen molar-refractivity contribution < 1.29 is 15.3 Å². The second kappa shape index (κ2) is 12.3. The minimum Gasteiger partial charge on any atom is -0.502 e. The Balaban J connectivity index is 3.24. The van der Waals surface area contributed by atoms with Crippen molar-refractivity contribution in [2.75, 3.05) is 0 Å². The van der Waals surface area contributed by atoms with E-state index in [0.29, 0.717) is 0 Å². The molecule has 0 rings (SSSR count). The molecule has 0 spiro atoms. The quantitative estimate of drug-likeness (QED) is 0.267. The number of rotatable bonds is 11. The third-order valence-electron chi connectivity index (χ3n) is 2.98. The van der Waals surface area contributed by atoms with Crippen LogP contribution in [0.4, 0.5) is 0 Å². The predicted molar refractivity (Wildman–Crippen MR) is 75.9 cm³/mol. The van der Waals surface area contributed by atoms with Gasteiger partial charge in [0.15, 0.2) is 5.76 Å². The molecule has 106 valence electrons.